The molecule has 0 saturated heterocycles. The van der Waals surface area contributed by atoms with Crippen molar-refractivity contribution in [3.8, 4) is 0 Å². The minimum atomic E-state index is 0.239. The number of nitrogens with two attached hydrogens (primary N) is 1. The average molecular weight is 150 g/mol. The lowest BCUT2D eigenvalue weighted by atomic mass is 9.90. The van der Waals surface area contributed by atoms with Crippen LogP contribution in [0.3, 0.4) is 0 Å². The summed E-state index contributed by atoms with van der Waals surface area (Å²) in [4.78, 5) is 0. The Morgan fingerprint density at radius 2 is 2.18 bits per heavy atom. The van der Waals surface area contributed by atoms with Crippen LogP contribution in [0.1, 0.15) is 20.3 Å². The maximum Gasteiger partial charge on any atom is 0.0820 e. The summed E-state index contributed by atoms with van der Waals surface area (Å²) in [5.74, 6) is 5.15. The molecular weight excluding hydrogens is 136 g/mol. The summed E-state index contributed by atoms with van der Waals surface area (Å²) in [6, 6.07) is 0. The molecule has 0 aliphatic heterocycles. The molecule has 0 atom stereocenters. The SMILES string of the molecule is CC1(C)C=C/C(=N/N)C=CC1. The molecule has 0 bridgehead atoms. The van der Waals surface area contributed by atoms with Gasteiger partial charge in [-0.05, 0) is 24.0 Å². The zero-order valence-electron chi connectivity index (χ0n) is 7.04. The highest BCUT2D eigenvalue weighted by Gasteiger charge is 2.13. The van der Waals surface area contributed by atoms with Gasteiger partial charge in [-0.2, -0.15) is 5.10 Å². The molecule has 1 aliphatic carbocycles. The summed E-state index contributed by atoms with van der Waals surface area (Å²) in [5, 5.41) is 3.62. The van der Waals surface area contributed by atoms with E-state index in [1.807, 2.05) is 12.2 Å². The first-order chi connectivity index (χ1) is 5.14. The molecule has 11 heavy (non-hydrogen) atoms. The molecule has 0 unspecified atom stereocenters. The molecule has 0 aromatic rings. The minimum absolute atomic E-state index is 0.239. The number of hydrazone groups is 1. The van der Waals surface area contributed by atoms with Gasteiger partial charge >= 0.3 is 0 Å². The Hall–Kier alpha value is -1.05. The van der Waals surface area contributed by atoms with Crippen LogP contribution in [0.2, 0.25) is 0 Å². The van der Waals surface area contributed by atoms with Gasteiger partial charge in [-0.25, -0.2) is 0 Å². The maximum absolute atomic E-state index is 5.15. The van der Waals surface area contributed by atoms with Crippen LogP contribution in [-0.2, 0) is 0 Å². The van der Waals surface area contributed by atoms with Crippen LogP contribution in [0.25, 0.3) is 0 Å². The van der Waals surface area contributed by atoms with Gasteiger partial charge in [0.1, 0.15) is 0 Å². The lowest BCUT2D eigenvalue weighted by Gasteiger charge is -2.15. The van der Waals surface area contributed by atoms with Crippen LogP contribution >= 0.6 is 0 Å². The molecule has 2 nitrogen and oxygen atoms in total. The van der Waals surface area contributed by atoms with Crippen LogP contribution in [-0.4, -0.2) is 5.71 Å². The van der Waals surface area contributed by atoms with Crippen molar-refractivity contribution in [2.24, 2.45) is 16.4 Å². The topological polar surface area (TPSA) is 38.4 Å². The van der Waals surface area contributed by atoms with Gasteiger partial charge < -0.3 is 5.84 Å². The van der Waals surface area contributed by atoms with E-state index in [2.05, 4.69) is 31.1 Å². The van der Waals surface area contributed by atoms with Crippen molar-refractivity contribution in [2.45, 2.75) is 20.3 Å². The predicted octanol–water partition coefficient (Wildman–Crippen LogP) is 1.84. The molecule has 2 heteroatoms. The molecule has 0 saturated carbocycles. The molecule has 0 heterocycles. The van der Waals surface area contributed by atoms with E-state index in [1.54, 1.807) is 0 Å². The molecule has 0 aromatic heterocycles. The van der Waals surface area contributed by atoms with Gasteiger partial charge in [0.2, 0.25) is 0 Å². The van der Waals surface area contributed by atoms with Gasteiger partial charge in [0, 0.05) is 0 Å². The Balaban J connectivity index is 2.86. The molecule has 1 rings (SSSR count). The highest BCUT2D eigenvalue weighted by Crippen LogP contribution is 2.24. The van der Waals surface area contributed by atoms with Crippen LogP contribution in [0.15, 0.2) is 29.4 Å². The maximum atomic E-state index is 5.15. The van der Waals surface area contributed by atoms with Crippen molar-refractivity contribution in [3.63, 3.8) is 0 Å². The van der Waals surface area contributed by atoms with Gasteiger partial charge in [0.15, 0.2) is 0 Å². The fraction of sp³-hybridized carbons (Fsp3) is 0.444. The predicted molar refractivity (Wildman–Crippen MR) is 48.3 cm³/mol. The molecule has 0 fully saturated rings. The monoisotopic (exact) mass is 150 g/mol. The molecule has 2 N–H and O–H groups in total. The summed E-state index contributed by atoms with van der Waals surface area (Å²) < 4.78 is 0. The number of rotatable bonds is 0. The van der Waals surface area contributed by atoms with Gasteiger partial charge in [0.05, 0.1) is 5.71 Å². The smallest absolute Gasteiger partial charge is 0.0820 e. The van der Waals surface area contributed by atoms with Crippen LogP contribution in [0, 0.1) is 5.41 Å². The summed E-state index contributed by atoms with van der Waals surface area (Å²) in [5.41, 5.74) is 1.08. The first kappa shape index (κ1) is 8.05. The largest absolute Gasteiger partial charge is 0.323 e. The van der Waals surface area contributed by atoms with Gasteiger partial charge in [-0.15, -0.1) is 0 Å². The third-order valence-electron chi connectivity index (χ3n) is 1.79. The van der Waals surface area contributed by atoms with Crippen molar-refractivity contribution in [1.82, 2.24) is 0 Å². The second kappa shape index (κ2) is 2.91. The Kier molecular flexibility index (Phi) is 2.13. The Labute approximate surface area is 67.5 Å². The van der Waals surface area contributed by atoms with Crippen molar-refractivity contribution < 1.29 is 0 Å². The number of hydrogen-bond acceptors (Lipinski definition) is 2. The lowest BCUT2D eigenvalue weighted by molar-refractivity contribution is 0.490. The molecule has 60 valence electrons. The summed E-state index contributed by atoms with van der Waals surface area (Å²) in [7, 11) is 0. The standard InChI is InChI=1S/C9H14N2/c1-9(2)6-3-4-8(11-10)5-7-9/h3-5,7H,6,10H2,1-2H3/b11-8+. The summed E-state index contributed by atoms with van der Waals surface area (Å²) in [6.07, 6.45) is 9.20. The molecule has 0 amide bonds. The normalized spacial score (nSPS) is 25.5. The van der Waals surface area contributed by atoms with E-state index in [0.29, 0.717) is 0 Å². The quantitative estimate of drug-likeness (QED) is 0.415. The zero-order chi connectivity index (χ0) is 8.32. The van der Waals surface area contributed by atoms with E-state index in [1.165, 1.54) is 0 Å². The van der Waals surface area contributed by atoms with Crippen LogP contribution < -0.4 is 5.84 Å². The second-order valence-corrected chi connectivity index (χ2v) is 3.48. The van der Waals surface area contributed by atoms with Crippen molar-refractivity contribution in [3.05, 3.63) is 24.3 Å². The highest BCUT2D eigenvalue weighted by molar-refractivity contribution is 6.04. The average Bonchev–Trinajstić information content (AvgIpc) is 2.10. The first-order valence-corrected chi connectivity index (χ1v) is 3.78. The van der Waals surface area contributed by atoms with E-state index < -0.39 is 0 Å². The van der Waals surface area contributed by atoms with Crippen molar-refractivity contribution in [2.75, 3.05) is 0 Å². The molecule has 0 radical (unpaired) electrons. The molecule has 0 aromatic carbocycles. The molecular formula is C9H14N2. The van der Waals surface area contributed by atoms with E-state index >= 15 is 0 Å². The fourth-order valence-corrected chi connectivity index (χ4v) is 1.00. The van der Waals surface area contributed by atoms with E-state index in [4.69, 9.17) is 5.84 Å². The van der Waals surface area contributed by atoms with Crippen LogP contribution in [0.4, 0.5) is 0 Å². The zero-order valence-corrected chi connectivity index (χ0v) is 7.04. The third kappa shape index (κ3) is 2.22. The second-order valence-electron chi connectivity index (χ2n) is 3.48. The molecule has 1 aliphatic rings. The number of allylic oxidation sites excluding steroid dienone is 4. The number of hydrogen-bond donors (Lipinski definition) is 1. The Bertz CT molecular complexity index is 222. The minimum Gasteiger partial charge on any atom is -0.323 e. The summed E-state index contributed by atoms with van der Waals surface area (Å²) >= 11 is 0. The third-order valence-corrected chi connectivity index (χ3v) is 1.79. The van der Waals surface area contributed by atoms with E-state index in [0.717, 1.165) is 12.1 Å². The first-order valence-electron chi connectivity index (χ1n) is 3.78. The lowest BCUT2D eigenvalue weighted by Crippen LogP contribution is -2.04. The van der Waals surface area contributed by atoms with Crippen molar-refractivity contribution in [1.29, 1.82) is 0 Å². The highest BCUT2D eigenvalue weighted by atomic mass is 15.1. The van der Waals surface area contributed by atoms with E-state index in [9.17, 15) is 0 Å². The summed E-state index contributed by atoms with van der Waals surface area (Å²) in [6.45, 7) is 4.38. The number of nitrogens with zero attached hydrogens (tertiary/aromatic N) is 1. The van der Waals surface area contributed by atoms with Crippen molar-refractivity contribution >= 4 is 5.71 Å². The fourth-order valence-electron chi connectivity index (χ4n) is 1.00. The Morgan fingerprint density at radius 1 is 1.45 bits per heavy atom. The van der Waals surface area contributed by atoms with Gasteiger partial charge in [-0.1, -0.05) is 26.0 Å². The molecule has 0 spiro atoms. The van der Waals surface area contributed by atoms with E-state index in [-0.39, 0.29) is 5.41 Å². The van der Waals surface area contributed by atoms with Crippen LogP contribution in [0.5, 0.6) is 0 Å². The Morgan fingerprint density at radius 3 is 2.82 bits per heavy atom. The van der Waals surface area contributed by atoms with Gasteiger partial charge in [0.25, 0.3) is 0 Å². The van der Waals surface area contributed by atoms with Gasteiger partial charge in [-0.3, -0.25) is 0 Å².